The van der Waals surface area contributed by atoms with Gasteiger partial charge in [-0.15, -0.1) is 0 Å². The minimum Gasteiger partial charge on any atom is -0.370 e. The summed E-state index contributed by atoms with van der Waals surface area (Å²) in [6, 6.07) is 16.8. The summed E-state index contributed by atoms with van der Waals surface area (Å²) < 4.78 is 13.0. The molecule has 0 amide bonds. The molecular weight excluding hydrogens is 201 g/mol. The Labute approximate surface area is 95.1 Å². The second-order valence-corrected chi connectivity index (χ2v) is 3.82. The maximum absolute atomic E-state index is 13.0. The van der Waals surface area contributed by atoms with E-state index in [9.17, 15) is 4.39 Å². The average molecular weight is 215 g/mol. The van der Waals surface area contributed by atoms with Crippen LogP contribution in [0.25, 0.3) is 0 Å². The van der Waals surface area contributed by atoms with Crippen molar-refractivity contribution in [2.24, 2.45) is 0 Å². The third-order valence-corrected chi connectivity index (χ3v) is 2.51. The van der Waals surface area contributed by atoms with E-state index >= 15 is 0 Å². The lowest BCUT2D eigenvalue weighted by molar-refractivity contribution is 0.625. The number of nitrogens with zero attached hydrogens (tertiary/aromatic N) is 1. The van der Waals surface area contributed by atoms with Gasteiger partial charge in [-0.2, -0.15) is 0 Å². The van der Waals surface area contributed by atoms with E-state index in [0.717, 1.165) is 11.3 Å². The Balaban J connectivity index is 2.11. The predicted octanol–water partition coefficient (Wildman–Crippen LogP) is 3.46. The molecule has 0 spiro atoms. The highest BCUT2D eigenvalue weighted by Crippen LogP contribution is 2.14. The fourth-order valence-electron chi connectivity index (χ4n) is 1.68. The molecule has 0 saturated heterocycles. The van der Waals surface area contributed by atoms with Gasteiger partial charge >= 0.3 is 0 Å². The lowest BCUT2D eigenvalue weighted by Gasteiger charge is -2.19. The van der Waals surface area contributed by atoms with Gasteiger partial charge in [-0.3, -0.25) is 0 Å². The zero-order chi connectivity index (χ0) is 11.4. The maximum atomic E-state index is 13.0. The summed E-state index contributed by atoms with van der Waals surface area (Å²) in [5.41, 5.74) is 2.11. The third-order valence-electron chi connectivity index (χ3n) is 2.51. The number of hydrogen-bond donors (Lipinski definition) is 0. The molecule has 2 aromatic carbocycles. The van der Waals surface area contributed by atoms with E-state index in [-0.39, 0.29) is 5.82 Å². The average Bonchev–Trinajstić information content (AvgIpc) is 2.30. The van der Waals surface area contributed by atoms with Gasteiger partial charge in [-0.1, -0.05) is 30.3 Å². The summed E-state index contributed by atoms with van der Waals surface area (Å²) in [6.45, 7) is 0.710. The van der Waals surface area contributed by atoms with Crippen molar-refractivity contribution in [3.8, 4) is 0 Å². The highest BCUT2D eigenvalue weighted by molar-refractivity contribution is 5.45. The summed E-state index contributed by atoms with van der Waals surface area (Å²) in [5.74, 6) is -0.182. The molecule has 16 heavy (non-hydrogen) atoms. The van der Waals surface area contributed by atoms with Gasteiger partial charge in [-0.05, 0) is 29.8 Å². The highest BCUT2D eigenvalue weighted by Gasteiger charge is 2.01. The topological polar surface area (TPSA) is 3.24 Å². The smallest absolute Gasteiger partial charge is 0.123 e. The Hall–Kier alpha value is -1.83. The van der Waals surface area contributed by atoms with E-state index in [0.29, 0.717) is 6.54 Å². The van der Waals surface area contributed by atoms with Crippen molar-refractivity contribution >= 4 is 5.69 Å². The van der Waals surface area contributed by atoms with Gasteiger partial charge < -0.3 is 4.90 Å². The molecule has 0 N–H and O–H groups in total. The quantitative estimate of drug-likeness (QED) is 0.757. The van der Waals surface area contributed by atoms with Crippen molar-refractivity contribution in [3.05, 3.63) is 66.0 Å². The van der Waals surface area contributed by atoms with Crippen LogP contribution < -0.4 is 4.90 Å². The Morgan fingerprint density at radius 1 is 1.00 bits per heavy atom. The molecule has 2 aromatic rings. The molecule has 0 bridgehead atoms. The summed E-state index contributed by atoms with van der Waals surface area (Å²) in [5, 5.41) is 0. The number of halogens is 1. The Kier molecular flexibility index (Phi) is 3.20. The summed E-state index contributed by atoms with van der Waals surface area (Å²) in [6.07, 6.45) is 0. The van der Waals surface area contributed by atoms with Crippen molar-refractivity contribution in [1.29, 1.82) is 0 Å². The van der Waals surface area contributed by atoms with Crippen molar-refractivity contribution in [2.45, 2.75) is 6.54 Å². The molecule has 0 radical (unpaired) electrons. The fraction of sp³-hybridized carbons (Fsp3) is 0.143. The van der Waals surface area contributed by atoms with E-state index in [1.807, 2.05) is 43.4 Å². The molecule has 0 saturated carbocycles. The van der Waals surface area contributed by atoms with Crippen molar-refractivity contribution in [3.63, 3.8) is 0 Å². The molecule has 82 valence electrons. The first-order valence-corrected chi connectivity index (χ1v) is 5.26. The van der Waals surface area contributed by atoms with Crippen molar-refractivity contribution < 1.29 is 4.39 Å². The molecule has 0 heterocycles. The van der Waals surface area contributed by atoms with E-state index in [1.54, 1.807) is 12.1 Å². The molecule has 0 aliphatic heterocycles. The van der Waals surface area contributed by atoms with Gasteiger partial charge in [-0.25, -0.2) is 4.39 Å². The van der Waals surface area contributed by atoms with Gasteiger partial charge in [0, 0.05) is 19.3 Å². The third kappa shape index (κ3) is 2.60. The van der Waals surface area contributed by atoms with E-state index < -0.39 is 0 Å². The van der Waals surface area contributed by atoms with Gasteiger partial charge in [0.15, 0.2) is 0 Å². The van der Waals surface area contributed by atoms with Gasteiger partial charge in [0.25, 0.3) is 0 Å². The number of rotatable bonds is 3. The van der Waals surface area contributed by atoms with Crippen LogP contribution in [0.15, 0.2) is 54.6 Å². The van der Waals surface area contributed by atoms with E-state index in [4.69, 9.17) is 0 Å². The van der Waals surface area contributed by atoms with Crippen LogP contribution in [-0.2, 0) is 6.54 Å². The summed E-state index contributed by atoms with van der Waals surface area (Å²) in [7, 11) is 2.00. The normalized spacial score (nSPS) is 10.1. The van der Waals surface area contributed by atoms with Crippen LogP contribution in [0.3, 0.4) is 0 Å². The molecule has 2 heteroatoms. The molecule has 2 rings (SSSR count). The lowest BCUT2D eigenvalue weighted by Crippen LogP contribution is -2.16. The second-order valence-electron chi connectivity index (χ2n) is 3.82. The first-order valence-electron chi connectivity index (χ1n) is 5.26. The number of benzene rings is 2. The van der Waals surface area contributed by atoms with Crippen LogP contribution in [0, 0.1) is 5.82 Å². The highest BCUT2D eigenvalue weighted by atomic mass is 19.1. The largest absolute Gasteiger partial charge is 0.370 e. The Bertz CT molecular complexity index is 453. The monoisotopic (exact) mass is 215 g/mol. The Morgan fingerprint density at radius 2 is 1.75 bits per heavy atom. The van der Waals surface area contributed by atoms with Crippen LogP contribution in [0.2, 0.25) is 0 Å². The number of anilines is 1. The van der Waals surface area contributed by atoms with Crippen LogP contribution in [0.4, 0.5) is 10.1 Å². The van der Waals surface area contributed by atoms with Gasteiger partial charge in [0.2, 0.25) is 0 Å². The zero-order valence-electron chi connectivity index (χ0n) is 9.23. The first kappa shape index (κ1) is 10.7. The van der Waals surface area contributed by atoms with Gasteiger partial charge in [0.1, 0.15) is 5.82 Å². The van der Waals surface area contributed by atoms with Crippen LogP contribution in [-0.4, -0.2) is 7.05 Å². The standard InChI is InChI=1S/C14H14FN/c1-16(14-8-3-2-4-9-14)11-12-6-5-7-13(15)10-12/h2-10H,11H2,1H3. The number of para-hydroxylation sites is 1. The molecule has 0 fully saturated rings. The number of hydrogen-bond acceptors (Lipinski definition) is 1. The van der Waals surface area contributed by atoms with Crippen LogP contribution in [0.1, 0.15) is 5.56 Å². The molecule has 0 aliphatic rings. The first-order chi connectivity index (χ1) is 7.75. The Morgan fingerprint density at radius 3 is 2.44 bits per heavy atom. The maximum Gasteiger partial charge on any atom is 0.123 e. The summed E-state index contributed by atoms with van der Waals surface area (Å²) >= 11 is 0. The van der Waals surface area contributed by atoms with E-state index in [2.05, 4.69) is 4.90 Å². The zero-order valence-corrected chi connectivity index (χ0v) is 9.23. The minimum atomic E-state index is -0.182. The SMILES string of the molecule is CN(Cc1cccc(F)c1)c1ccccc1. The molecule has 0 aromatic heterocycles. The summed E-state index contributed by atoms with van der Waals surface area (Å²) in [4.78, 5) is 2.09. The molecule has 1 nitrogen and oxygen atoms in total. The second kappa shape index (κ2) is 4.79. The van der Waals surface area contributed by atoms with Crippen molar-refractivity contribution in [1.82, 2.24) is 0 Å². The lowest BCUT2D eigenvalue weighted by atomic mass is 10.2. The van der Waals surface area contributed by atoms with Gasteiger partial charge in [0.05, 0.1) is 0 Å². The molecule has 0 atom stereocenters. The van der Waals surface area contributed by atoms with Crippen LogP contribution >= 0.6 is 0 Å². The van der Waals surface area contributed by atoms with Crippen LogP contribution in [0.5, 0.6) is 0 Å². The predicted molar refractivity (Wildman–Crippen MR) is 64.9 cm³/mol. The van der Waals surface area contributed by atoms with Crippen molar-refractivity contribution in [2.75, 3.05) is 11.9 Å². The molecule has 0 unspecified atom stereocenters. The minimum absolute atomic E-state index is 0.182. The van der Waals surface area contributed by atoms with E-state index in [1.165, 1.54) is 6.07 Å². The fourth-order valence-corrected chi connectivity index (χ4v) is 1.68. The molecular formula is C14H14FN. The molecule has 0 aliphatic carbocycles.